The number of hydrogen-bond donors (Lipinski definition) is 3. The number of aryl methyl sites for hydroxylation is 2. The molecule has 4 heteroatoms. The number of rotatable bonds is 4. The van der Waals surface area contributed by atoms with E-state index in [1.165, 1.54) is 5.56 Å². The molecular weight excluding hydrogens is 264 g/mol. The van der Waals surface area contributed by atoms with Crippen LogP contribution in [0.1, 0.15) is 16.7 Å². The molecule has 0 bridgehead atoms. The van der Waals surface area contributed by atoms with E-state index in [0.29, 0.717) is 6.42 Å². The molecule has 0 aliphatic heterocycles. The molecule has 4 nitrogen and oxygen atoms in total. The molecule has 0 saturated carbocycles. The highest BCUT2D eigenvalue weighted by molar-refractivity contribution is 5.99. The highest BCUT2D eigenvalue weighted by Crippen LogP contribution is 2.15. The lowest BCUT2D eigenvalue weighted by molar-refractivity contribution is 0.262. The molecule has 2 aromatic rings. The summed E-state index contributed by atoms with van der Waals surface area (Å²) in [5.41, 5.74) is 4.87. The molecule has 0 heterocycles. The molecule has 3 N–H and O–H groups in total. The van der Waals surface area contributed by atoms with Crippen molar-refractivity contribution in [2.45, 2.75) is 20.3 Å². The van der Waals surface area contributed by atoms with Crippen LogP contribution in [-0.4, -0.2) is 17.7 Å². The molecule has 2 amide bonds. The smallest absolute Gasteiger partial charge is 0.323 e. The van der Waals surface area contributed by atoms with E-state index in [9.17, 15) is 4.79 Å². The summed E-state index contributed by atoms with van der Waals surface area (Å²) in [6, 6.07) is 13.0. The molecule has 0 aliphatic carbocycles. The first-order valence-electron chi connectivity index (χ1n) is 6.93. The summed E-state index contributed by atoms with van der Waals surface area (Å²) < 4.78 is 0. The lowest BCUT2D eigenvalue weighted by atomic mass is 10.1. The minimum atomic E-state index is -0.270. The van der Waals surface area contributed by atoms with Crippen LogP contribution in [0.3, 0.4) is 0 Å². The molecule has 110 valence electrons. The molecule has 0 atom stereocenters. The summed E-state index contributed by atoms with van der Waals surface area (Å²) in [6.45, 7) is 4.17. The van der Waals surface area contributed by atoms with Crippen LogP contribution < -0.4 is 10.6 Å². The van der Waals surface area contributed by atoms with Crippen LogP contribution >= 0.6 is 0 Å². The minimum Gasteiger partial charge on any atom is -0.396 e. The van der Waals surface area contributed by atoms with E-state index >= 15 is 0 Å². The summed E-state index contributed by atoms with van der Waals surface area (Å²) in [5.74, 6) is 0. The quantitative estimate of drug-likeness (QED) is 0.805. The number of aliphatic hydroxyl groups excluding tert-OH is 1. The van der Waals surface area contributed by atoms with Gasteiger partial charge in [-0.1, -0.05) is 18.2 Å². The van der Waals surface area contributed by atoms with Crippen molar-refractivity contribution < 1.29 is 9.90 Å². The SMILES string of the molecule is Cc1ccc(NC(=O)Nc2ccc(CCO)cc2)cc1C. The summed E-state index contributed by atoms with van der Waals surface area (Å²) in [7, 11) is 0. The standard InChI is InChI=1S/C17H20N2O2/c1-12-3-6-16(11-13(12)2)19-17(21)18-15-7-4-14(5-8-15)9-10-20/h3-8,11,20H,9-10H2,1-2H3,(H2,18,19,21). The molecule has 21 heavy (non-hydrogen) atoms. The number of benzene rings is 2. The van der Waals surface area contributed by atoms with E-state index in [1.54, 1.807) is 0 Å². The molecule has 0 saturated heterocycles. The molecule has 2 rings (SSSR count). The Hall–Kier alpha value is -2.33. The van der Waals surface area contributed by atoms with E-state index < -0.39 is 0 Å². The van der Waals surface area contributed by atoms with Crippen LogP contribution in [0.2, 0.25) is 0 Å². The Labute approximate surface area is 124 Å². The fourth-order valence-corrected chi connectivity index (χ4v) is 2.00. The van der Waals surface area contributed by atoms with E-state index in [4.69, 9.17) is 5.11 Å². The summed E-state index contributed by atoms with van der Waals surface area (Å²) in [5, 5.41) is 14.5. The van der Waals surface area contributed by atoms with Gasteiger partial charge in [0.25, 0.3) is 0 Å². The second-order valence-electron chi connectivity index (χ2n) is 5.05. The molecule has 0 spiro atoms. The Morgan fingerprint density at radius 1 is 0.952 bits per heavy atom. The van der Waals surface area contributed by atoms with Gasteiger partial charge in [0.2, 0.25) is 0 Å². The third kappa shape index (κ3) is 4.33. The first-order chi connectivity index (χ1) is 10.1. The Morgan fingerprint density at radius 3 is 2.19 bits per heavy atom. The largest absolute Gasteiger partial charge is 0.396 e. The van der Waals surface area contributed by atoms with Crippen LogP contribution in [0.25, 0.3) is 0 Å². The van der Waals surface area contributed by atoms with Gasteiger partial charge in [0, 0.05) is 18.0 Å². The number of nitrogens with one attached hydrogen (secondary N) is 2. The predicted octanol–water partition coefficient (Wildman–Crippen LogP) is 3.48. The van der Waals surface area contributed by atoms with Crippen molar-refractivity contribution >= 4 is 17.4 Å². The third-order valence-corrected chi connectivity index (χ3v) is 3.38. The topological polar surface area (TPSA) is 61.4 Å². The predicted molar refractivity (Wildman–Crippen MR) is 85.8 cm³/mol. The van der Waals surface area contributed by atoms with Crippen molar-refractivity contribution in [3.8, 4) is 0 Å². The fraction of sp³-hybridized carbons (Fsp3) is 0.235. The van der Waals surface area contributed by atoms with Crippen LogP contribution in [0.5, 0.6) is 0 Å². The Balaban J connectivity index is 1.96. The zero-order valence-corrected chi connectivity index (χ0v) is 12.3. The van der Waals surface area contributed by atoms with Gasteiger partial charge >= 0.3 is 6.03 Å². The van der Waals surface area contributed by atoms with Crippen molar-refractivity contribution in [3.63, 3.8) is 0 Å². The zero-order chi connectivity index (χ0) is 15.2. The number of aliphatic hydroxyl groups is 1. The van der Waals surface area contributed by atoms with E-state index in [2.05, 4.69) is 10.6 Å². The van der Waals surface area contributed by atoms with Crippen molar-refractivity contribution in [1.29, 1.82) is 0 Å². The molecule has 0 aromatic heterocycles. The van der Waals surface area contributed by atoms with Crippen LogP contribution in [0.4, 0.5) is 16.2 Å². The third-order valence-electron chi connectivity index (χ3n) is 3.38. The van der Waals surface area contributed by atoms with Gasteiger partial charge in [-0.05, 0) is 61.2 Å². The zero-order valence-electron chi connectivity index (χ0n) is 12.3. The number of urea groups is 1. The summed E-state index contributed by atoms with van der Waals surface area (Å²) in [4.78, 5) is 11.9. The first kappa shape index (κ1) is 15.1. The second kappa shape index (κ2) is 6.90. The van der Waals surface area contributed by atoms with Gasteiger partial charge in [-0.25, -0.2) is 4.79 Å². The summed E-state index contributed by atoms with van der Waals surface area (Å²) >= 11 is 0. The lowest BCUT2D eigenvalue weighted by Gasteiger charge is -2.09. The van der Waals surface area contributed by atoms with Gasteiger partial charge in [-0.2, -0.15) is 0 Å². The van der Waals surface area contributed by atoms with E-state index in [1.807, 2.05) is 56.3 Å². The lowest BCUT2D eigenvalue weighted by Crippen LogP contribution is -2.19. The van der Waals surface area contributed by atoms with Crippen molar-refractivity contribution in [3.05, 3.63) is 59.2 Å². The van der Waals surface area contributed by atoms with Gasteiger partial charge in [-0.3, -0.25) is 0 Å². The maximum atomic E-state index is 11.9. The monoisotopic (exact) mass is 284 g/mol. The summed E-state index contributed by atoms with van der Waals surface area (Å²) in [6.07, 6.45) is 0.620. The van der Waals surface area contributed by atoms with Gasteiger partial charge < -0.3 is 15.7 Å². The molecule has 0 radical (unpaired) electrons. The normalized spacial score (nSPS) is 10.2. The van der Waals surface area contributed by atoms with Crippen molar-refractivity contribution in [2.75, 3.05) is 17.2 Å². The molecule has 2 aromatic carbocycles. The van der Waals surface area contributed by atoms with Crippen LogP contribution in [0.15, 0.2) is 42.5 Å². The van der Waals surface area contributed by atoms with Crippen molar-refractivity contribution in [2.24, 2.45) is 0 Å². The van der Waals surface area contributed by atoms with Gasteiger partial charge in [-0.15, -0.1) is 0 Å². The number of hydrogen-bond acceptors (Lipinski definition) is 2. The second-order valence-corrected chi connectivity index (χ2v) is 5.05. The van der Waals surface area contributed by atoms with Gasteiger partial charge in [0.05, 0.1) is 0 Å². The number of amides is 2. The number of carbonyl (C=O) groups is 1. The van der Waals surface area contributed by atoms with Crippen LogP contribution in [-0.2, 0) is 6.42 Å². The van der Waals surface area contributed by atoms with Crippen LogP contribution in [0, 0.1) is 13.8 Å². The average molecular weight is 284 g/mol. The maximum Gasteiger partial charge on any atom is 0.323 e. The van der Waals surface area contributed by atoms with E-state index in [0.717, 1.165) is 22.5 Å². The molecule has 0 unspecified atom stereocenters. The van der Waals surface area contributed by atoms with Gasteiger partial charge in [0.15, 0.2) is 0 Å². The molecular formula is C17H20N2O2. The van der Waals surface area contributed by atoms with Gasteiger partial charge in [0.1, 0.15) is 0 Å². The van der Waals surface area contributed by atoms with Crippen molar-refractivity contribution in [1.82, 2.24) is 0 Å². The average Bonchev–Trinajstić information content (AvgIpc) is 2.45. The Bertz CT molecular complexity index is 621. The highest BCUT2D eigenvalue weighted by Gasteiger charge is 2.03. The van der Waals surface area contributed by atoms with E-state index in [-0.39, 0.29) is 12.6 Å². The highest BCUT2D eigenvalue weighted by atomic mass is 16.3. The number of carbonyl (C=O) groups excluding carboxylic acids is 1. The Morgan fingerprint density at radius 2 is 1.57 bits per heavy atom. The first-order valence-corrected chi connectivity index (χ1v) is 6.93. The molecule has 0 fully saturated rings. The molecule has 0 aliphatic rings. The minimum absolute atomic E-state index is 0.125. The fourth-order valence-electron chi connectivity index (χ4n) is 2.00. The maximum absolute atomic E-state index is 11.9. The number of anilines is 2. The Kier molecular flexibility index (Phi) is 4.95.